The fraction of sp³-hybridized carbons (Fsp3) is 0.467. The van der Waals surface area contributed by atoms with E-state index in [2.05, 4.69) is 5.32 Å². The molecule has 23 heavy (non-hydrogen) atoms. The Balaban J connectivity index is 1.93. The van der Waals surface area contributed by atoms with Gasteiger partial charge in [0.2, 0.25) is 5.91 Å². The molecule has 0 aliphatic heterocycles. The fourth-order valence-electron chi connectivity index (χ4n) is 2.37. The number of rotatable bonds is 6. The number of ether oxygens (including phenoxy) is 1. The Morgan fingerprint density at radius 2 is 1.87 bits per heavy atom. The third kappa shape index (κ3) is 4.61. The summed E-state index contributed by atoms with van der Waals surface area (Å²) in [4.78, 5) is 22.8. The third-order valence-electron chi connectivity index (χ3n) is 3.75. The lowest BCUT2D eigenvalue weighted by Gasteiger charge is -2.32. The molecule has 1 aromatic rings. The lowest BCUT2D eigenvalue weighted by Crippen LogP contribution is -2.43. The molecule has 0 saturated heterocycles. The number of aliphatic carboxylic acids is 1. The van der Waals surface area contributed by atoms with Crippen LogP contribution < -0.4 is 10.1 Å². The van der Waals surface area contributed by atoms with Crippen molar-refractivity contribution in [1.29, 1.82) is 0 Å². The number of halogens is 3. The van der Waals surface area contributed by atoms with Crippen LogP contribution in [0.3, 0.4) is 0 Å². The summed E-state index contributed by atoms with van der Waals surface area (Å²) < 4.78 is 41.4. The first kappa shape index (κ1) is 17.1. The summed E-state index contributed by atoms with van der Waals surface area (Å²) in [6.07, 6.45) is -3.50. The minimum absolute atomic E-state index is 0.0182. The average Bonchev–Trinajstić information content (AvgIpc) is 2.41. The lowest BCUT2D eigenvalue weighted by atomic mass is 9.73. The van der Waals surface area contributed by atoms with E-state index in [1.807, 2.05) is 0 Å². The van der Waals surface area contributed by atoms with Gasteiger partial charge >= 0.3 is 12.1 Å². The monoisotopic (exact) mass is 331 g/mol. The molecule has 2 N–H and O–H groups in total. The Hall–Kier alpha value is -2.25. The largest absolute Gasteiger partial charge is 0.484 e. The molecule has 1 fully saturated rings. The number of hydrogen-bond donors (Lipinski definition) is 2. The van der Waals surface area contributed by atoms with E-state index in [0.29, 0.717) is 18.4 Å². The molecule has 0 spiro atoms. The maximum absolute atomic E-state index is 12.2. The molecule has 8 heteroatoms. The highest BCUT2D eigenvalue weighted by Gasteiger charge is 2.41. The molecule has 1 saturated carbocycles. The summed E-state index contributed by atoms with van der Waals surface area (Å²) >= 11 is 0. The van der Waals surface area contributed by atoms with Crippen LogP contribution in [0.2, 0.25) is 0 Å². The van der Waals surface area contributed by atoms with Crippen molar-refractivity contribution in [2.24, 2.45) is 11.8 Å². The smallest absolute Gasteiger partial charge is 0.422 e. The van der Waals surface area contributed by atoms with Gasteiger partial charge < -0.3 is 15.2 Å². The Bertz CT molecular complexity index is 588. The summed E-state index contributed by atoms with van der Waals surface area (Å²) in [6.45, 7) is -1.43. The molecule has 1 aliphatic rings. The van der Waals surface area contributed by atoms with Gasteiger partial charge in [0, 0.05) is 12.1 Å². The van der Waals surface area contributed by atoms with Crippen molar-refractivity contribution < 1.29 is 32.6 Å². The lowest BCUT2D eigenvalue weighted by molar-refractivity contribution is -0.153. The van der Waals surface area contributed by atoms with E-state index in [-0.39, 0.29) is 12.3 Å². The van der Waals surface area contributed by atoms with Gasteiger partial charge in [-0.05, 0) is 18.9 Å². The van der Waals surface area contributed by atoms with E-state index >= 15 is 0 Å². The normalized spacial score (nSPS) is 20.5. The first-order valence-corrected chi connectivity index (χ1v) is 7.06. The highest BCUT2D eigenvalue weighted by Crippen LogP contribution is 2.34. The van der Waals surface area contributed by atoms with Crippen molar-refractivity contribution in [2.75, 3.05) is 6.61 Å². The quantitative estimate of drug-likeness (QED) is 0.839. The molecule has 2 rings (SSSR count). The Labute approximate surface area is 130 Å². The van der Waals surface area contributed by atoms with E-state index in [1.54, 1.807) is 12.1 Å². The van der Waals surface area contributed by atoms with E-state index in [9.17, 15) is 22.8 Å². The molecule has 2 unspecified atom stereocenters. The molecule has 1 aliphatic carbocycles. The summed E-state index contributed by atoms with van der Waals surface area (Å²) in [5.41, 5.74) is 0.399. The van der Waals surface area contributed by atoms with Crippen LogP contribution in [0.4, 0.5) is 13.2 Å². The molecule has 1 aromatic carbocycles. The van der Waals surface area contributed by atoms with E-state index in [4.69, 9.17) is 9.84 Å². The molecule has 2 atom stereocenters. The molecule has 1 amide bonds. The minimum atomic E-state index is -4.45. The molecule has 0 aromatic heterocycles. The van der Waals surface area contributed by atoms with Crippen LogP contribution in [-0.2, 0) is 16.1 Å². The van der Waals surface area contributed by atoms with Crippen LogP contribution in [0.1, 0.15) is 18.4 Å². The van der Waals surface area contributed by atoms with Crippen LogP contribution in [0.5, 0.6) is 5.75 Å². The van der Waals surface area contributed by atoms with Crippen molar-refractivity contribution in [1.82, 2.24) is 5.32 Å². The highest BCUT2D eigenvalue weighted by atomic mass is 19.4. The standard InChI is InChI=1S/C15H16F3NO4/c16-15(17,18)8-23-12-4-2-1-3-9(12)7-19-13(20)10-5-6-11(10)14(21)22/h1-4,10-11H,5-8H2,(H,19,20)(H,21,22). The van der Waals surface area contributed by atoms with Gasteiger partial charge in [-0.2, -0.15) is 13.2 Å². The van der Waals surface area contributed by atoms with Crippen molar-refractivity contribution in [3.05, 3.63) is 29.8 Å². The molecule has 0 bridgehead atoms. The second kappa shape index (κ2) is 6.89. The maximum Gasteiger partial charge on any atom is 0.422 e. The summed E-state index contributed by atoms with van der Waals surface area (Å²) in [5.74, 6) is -2.66. The zero-order chi connectivity index (χ0) is 17.0. The van der Waals surface area contributed by atoms with Crippen LogP contribution >= 0.6 is 0 Å². The topological polar surface area (TPSA) is 75.6 Å². The molecule has 5 nitrogen and oxygen atoms in total. The molecular formula is C15H16F3NO4. The van der Waals surface area contributed by atoms with Gasteiger partial charge in [0.25, 0.3) is 0 Å². The highest BCUT2D eigenvalue weighted by molar-refractivity contribution is 5.86. The van der Waals surface area contributed by atoms with Crippen LogP contribution in [0.25, 0.3) is 0 Å². The van der Waals surface area contributed by atoms with Gasteiger partial charge in [-0.15, -0.1) is 0 Å². The Kier molecular flexibility index (Phi) is 5.12. The number of amides is 1. The fourth-order valence-corrected chi connectivity index (χ4v) is 2.37. The van der Waals surface area contributed by atoms with Crippen molar-refractivity contribution in [2.45, 2.75) is 25.6 Å². The summed E-state index contributed by atoms with van der Waals surface area (Å²) in [5, 5.41) is 11.5. The first-order valence-electron chi connectivity index (χ1n) is 7.06. The average molecular weight is 331 g/mol. The Morgan fingerprint density at radius 1 is 1.22 bits per heavy atom. The van der Waals surface area contributed by atoms with Gasteiger partial charge in [-0.1, -0.05) is 18.2 Å². The van der Waals surface area contributed by atoms with Crippen molar-refractivity contribution in [3.8, 4) is 5.75 Å². The summed E-state index contributed by atoms with van der Waals surface area (Å²) in [7, 11) is 0. The van der Waals surface area contributed by atoms with Crippen LogP contribution in [-0.4, -0.2) is 29.8 Å². The minimum Gasteiger partial charge on any atom is -0.484 e. The predicted octanol–water partition coefficient (Wildman–Crippen LogP) is 2.35. The number of carboxylic acid groups (broad SMARTS) is 1. The number of para-hydroxylation sites is 1. The SMILES string of the molecule is O=C(O)C1CCC1C(=O)NCc1ccccc1OCC(F)(F)F. The molecule has 0 heterocycles. The number of benzene rings is 1. The number of nitrogens with one attached hydrogen (secondary N) is 1. The molecule has 126 valence electrons. The first-order chi connectivity index (χ1) is 10.8. The van der Waals surface area contributed by atoms with E-state index in [1.165, 1.54) is 12.1 Å². The number of hydrogen-bond acceptors (Lipinski definition) is 3. The van der Waals surface area contributed by atoms with Crippen molar-refractivity contribution >= 4 is 11.9 Å². The van der Waals surface area contributed by atoms with Crippen molar-refractivity contribution in [3.63, 3.8) is 0 Å². The van der Waals surface area contributed by atoms with Gasteiger partial charge in [-0.25, -0.2) is 0 Å². The van der Waals surface area contributed by atoms with Gasteiger partial charge in [-0.3, -0.25) is 9.59 Å². The van der Waals surface area contributed by atoms with Crippen LogP contribution in [0, 0.1) is 11.8 Å². The van der Waals surface area contributed by atoms with Crippen LogP contribution in [0.15, 0.2) is 24.3 Å². The zero-order valence-corrected chi connectivity index (χ0v) is 12.1. The molecular weight excluding hydrogens is 315 g/mol. The molecule has 0 radical (unpaired) electrons. The predicted molar refractivity (Wildman–Crippen MR) is 73.7 cm³/mol. The number of carbonyl (C=O) groups is 2. The van der Waals surface area contributed by atoms with E-state index in [0.717, 1.165) is 0 Å². The Morgan fingerprint density at radius 3 is 2.43 bits per heavy atom. The van der Waals surface area contributed by atoms with Gasteiger partial charge in [0.15, 0.2) is 6.61 Å². The maximum atomic E-state index is 12.2. The second-order valence-corrected chi connectivity index (χ2v) is 5.36. The van der Waals surface area contributed by atoms with E-state index < -0.39 is 36.5 Å². The summed E-state index contributed by atoms with van der Waals surface area (Å²) in [6, 6.07) is 6.08. The number of carboxylic acids is 1. The third-order valence-corrected chi connectivity index (χ3v) is 3.75. The van der Waals surface area contributed by atoms with Gasteiger partial charge in [0.1, 0.15) is 5.75 Å². The number of carbonyl (C=O) groups excluding carboxylic acids is 1. The van der Waals surface area contributed by atoms with Gasteiger partial charge in [0.05, 0.1) is 11.8 Å². The second-order valence-electron chi connectivity index (χ2n) is 5.36. The number of alkyl halides is 3. The zero-order valence-electron chi connectivity index (χ0n) is 12.1.